The van der Waals surface area contributed by atoms with E-state index in [-0.39, 0.29) is 5.69 Å². The summed E-state index contributed by atoms with van der Waals surface area (Å²) in [6, 6.07) is 2.16. The molecule has 0 radical (unpaired) electrons. The predicted molar refractivity (Wildman–Crippen MR) is 57.9 cm³/mol. The summed E-state index contributed by atoms with van der Waals surface area (Å²) in [7, 11) is 0. The molecule has 3 nitrogen and oxygen atoms in total. The molecule has 0 unspecified atom stereocenters. The quantitative estimate of drug-likeness (QED) is 0.828. The largest absolute Gasteiger partial charge is 0.325 e. The fourth-order valence-corrected chi connectivity index (χ4v) is 1.30. The number of amides is 1. The summed E-state index contributed by atoms with van der Waals surface area (Å²) in [4.78, 5) is 11.4. The molecule has 0 bridgehead atoms. The van der Waals surface area contributed by atoms with Crippen LogP contribution < -0.4 is 11.1 Å². The Hall–Kier alpha value is -1.49. The van der Waals surface area contributed by atoms with Gasteiger partial charge in [0, 0.05) is 11.8 Å². The summed E-state index contributed by atoms with van der Waals surface area (Å²) in [6.45, 7) is 1.90. The maximum absolute atomic E-state index is 12.8. The molecule has 0 aliphatic rings. The topological polar surface area (TPSA) is 55.1 Å². The Labute approximate surface area is 92.6 Å². The maximum atomic E-state index is 12.8. The van der Waals surface area contributed by atoms with E-state index in [0.29, 0.717) is 6.42 Å². The van der Waals surface area contributed by atoms with Gasteiger partial charge in [0.25, 0.3) is 0 Å². The maximum Gasteiger partial charge on any atom is 0.241 e. The molecule has 88 valence electrons. The minimum Gasteiger partial charge on any atom is -0.325 e. The highest BCUT2D eigenvalue weighted by Crippen LogP contribution is 2.13. The van der Waals surface area contributed by atoms with E-state index in [1.165, 1.54) is 0 Å². The van der Waals surface area contributed by atoms with E-state index in [1.807, 2.05) is 6.92 Å². The molecule has 1 amide bonds. The van der Waals surface area contributed by atoms with E-state index in [9.17, 15) is 13.6 Å². The van der Waals surface area contributed by atoms with E-state index in [2.05, 4.69) is 5.32 Å². The first-order chi connectivity index (χ1) is 7.52. The fraction of sp³-hybridized carbons (Fsp3) is 0.364. The van der Waals surface area contributed by atoms with Crippen LogP contribution in [0.15, 0.2) is 18.2 Å². The fourth-order valence-electron chi connectivity index (χ4n) is 1.30. The van der Waals surface area contributed by atoms with E-state index in [1.54, 1.807) is 0 Å². The van der Waals surface area contributed by atoms with Crippen LogP contribution in [0.1, 0.15) is 19.8 Å². The van der Waals surface area contributed by atoms with Crippen LogP contribution in [0.4, 0.5) is 14.5 Å². The molecular formula is C11H14F2N2O. The van der Waals surface area contributed by atoms with Crippen molar-refractivity contribution in [2.75, 3.05) is 5.32 Å². The lowest BCUT2D eigenvalue weighted by Gasteiger charge is -2.11. The van der Waals surface area contributed by atoms with Gasteiger partial charge in [-0.1, -0.05) is 13.3 Å². The lowest BCUT2D eigenvalue weighted by molar-refractivity contribution is -0.117. The Bertz CT molecular complexity index is 362. The number of halogens is 2. The molecule has 0 fully saturated rings. The summed E-state index contributed by atoms with van der Waals surface area (Å²) < 4.78 is 25.6. The van der Waals surface area contributed by atoms with Gasteiger partial charge in [-0.15, -0.1) is 0 Å². The Morgan fingerprint density at radius 1 is 1.38 bits per heavy atom. The number of benzene rings is 1. The molecule has 0 aliphatic heterocycles. The van der Waals surface area contributed by atoms with Gasteiger partial charge in [0.1, 0.15) is 11.6 Å². The SMILES string of the molecule is CCC[C@H](N)C(=O)Nc1cc(F)cc(F)c1. The highest BCUT2D eigenvalue weighted by atomic mass is 19.1. The van der Waals surface area contributed by atoms with Crippen molar-refractivity contribution in [3.63, 3.8) is 0 Å². The van der Waals surface area contributed by atoms with Crippen molar-refractivity contribution < 1.29 is 13.6 Å². The van der Waals surface area contributed by atoms with E-state index in [4.69, 9.17) is 5.73 Å². The normalized spacial score (nSPS) is 12.2. The number of hydrogen-bond donors (Lipinski definition) is 2. The molecule has 5 heteroatoms. The molecule has 3 N–H and O–H groups in total. The van der Waals surface area contributed by atoms with Gasteiger partial charge in [-0.05, 0) is 18.6 Å². The minimum atomic E-state index is -0.737. The zero-order valence-electron chi connectivity index (χ0n) is 8.97. The van der Waals surface area contributed by atoms with Crippen LogP contribution in [0.25, 0.3) is 0 Å². The Balaban J connectivity index is 2.69. The van der Waals surface area contributed by atoms with Gasteiger partial charge in [-0.25, -0.2) is 8.78 Å². The molecule has 0 spiro atoms. The molecular weight excluding hydrogens is 214 g/mol. The molecule has 1 rings (SSSR count). The summed E-state index contributed by atoms with van der Waals surface area (Å²) in [5.74, 6) is -1.91. The van der Waals surface area contributed by atoms with E-state index in [0.717, 1.165) is 24.6 Å². The molecule has 0 aromatic heterocycles. The van der Waals surface area contributed by atoms with Crippen LogP contribution in [0.5, 0.6) is 0 Å². The lowest BCUT2D eigenvalue weighted by atomic mass is 10.1. The van der Waals surface area contributed by atoms with Crippen molar-refractivity contribution in [2.24, 2.45) is 5.73 Å². The summed E-state index contributed by atoms with van der Waals surface area (Å²) in [5, 5.41) is 2.36. The lowest BCUT2D eigenvalue weighted by Crippen LogP contribution is -2.35. The Morgan fingerprint density at radius 2 is 1.94 bits per heavy atom. The first-order valence-corrected chi connectivity index (χ1v) is 5.05. The highest BCUT2D eigenvalue weighted by Gasteiger charge is 2.12. The molecule has 1 aromatic carbocycles. The van der Waals surface area contributed by atoms with Crippen molar-refractivity contribution in [1.82, 2.24) is 0 Å². The van der Waals surface area contributed by atoms with Gasteiger partial charge in [-0.2, -0.15) is 0 Å². The van der Waals surface area contributed by atoms with Crippen LogP contribution >= 0.6 is 0 Å². The second kappa shape index (κ2) is 5.55. The highest BCUT2D eigenvalue weighted by molar-refractivity contribution is 5.94. The second-order valence-electron chi connectivity index (χ2n) is 3.54. The van der Waals surface area contributed by atoms with Gasteiger partial charge in [-0.3, -0.25) is 4.79 Å². The van der Waals surface area contributed by atoms with Gasteiger partial charge in [0.05, 0.1) is 6.04 Å². The first-order valence-electron chi connectivity index (χ1n) is 5.05. The number of nitrogens with one attached hydrogen (secondary N) is 1. The Morgan fingerprint density at radius 3 is 2.44 bits per heavy atom. The smallest absolute Gasteiger partial charge is 0.241 e. The van der Waals surface area contributed by atoms with Gasteiger partial charge in [0.15, 0.2) is 0 Å². The van der Waals surface area contributed by atoms with Crippen LogP contribution in [0.3, 0.4) is 0 Å². The number of rotatable bonds is 4. The van der Waals surface area contributed by atoms with Crippen molar-refractivity contribution >= 4 is 11.6 Å². The molecule has 0 saturated carbocycles. The van der Waals surface area contributed by atoms with E-state index < -0.39 is 23.6 Å². The van der Waals surface area contributed by atoms with E-state index >= 15 is 0 Å². The average molecular weight is 228 g/mol. The van der Waals surface area contributed by atoms with Crippen molar-refractivity contribution in [2.45, 2.75) is 25.8 Å². The van der Waals surface area contributed by atoms with Crippen LogP contribution in [0, 0.1) is 11.6 Å². The van der Waals surface area contributed by atoms with Crippen molar-refractivity contribution in [1.29, 1.82) is 0 Å². The van der Waals surface area contributed by atoms with Crippen LogP contribution in [0.2, 0.25) is 0 Å². The third-order valence-corrected chi connectivity index (χ3v) is 2.07. The standard InChI is InChI=1S/C11H14F2N2O/c1-2-3-10(14)11(16)15-9-5-7(12)4-8(13)6-9/h4-6,10H,2-3,14H2,1H3,(H,15,16)/t10-/m0/s1. The third kappa shape index (κ3) is 3.58. The van der Waals surface area contributed by atoms with Crippen LogP contribution in [-0.2, 0) is 4.79 Å². The molecule has 1 aromatic rings. The number of carbonyl (C=O) groups excluding carboxylic acids is 1. The summed E-state index contributed by atoms with van der Waals surface area (Å²) >= 11 is 0. The van der Waals surface area contributed by atoms with Gasteiger partial charge in [0.2, 0.25) is 5.91 Å². The number of nitrogens with two attached hydrogens (primary N) is 1. The average Bonchev–Trinajstić information content (AvgIpc) is 2.16. The Kier molecular flexibility index (Phi) is 4.37. The molecule has 0 aliphatic carbocycles. The monoisotopic (exact) mass is 228 g/mol. The zero-order chi connectivity index (χ0) is 12.1. The van der Waals surface area contributed by atoms with Gasteiger partial charge >= 0.3 is 0 Å². The van der Waals surface area contributed by atoms with Crippen molar-refractivity contribution in [3.05, 3.63) is 29.8 Å². The number of hydrogen-bond acceptors (Lipinski definition) is 2. The summed E-state index contributed by atoms with van der Waals surface area (Å²) in [5.41, 5.74) is 5.63. The molecule has 16 heavy (non-hydrogen) atoms. The van der Waals surface area contributed by atoms with Gasteiger partial charge < -0.3 is 11.1 Å². The molecule has 0 saturated heterocycles. The first kappa shape index (κ1) is 12.6. The summed E-state index contributed by atoms with van der Waals surface area (Å²) in [6.07, 6.45) is 1.30. The molecule has 0 heterocycles. The van der Waals surface area contributed by atoms with Crippen molar-refractivity contribution in [3.8, 4) is 0 Å². The third-order valence-electron chi connectivity index (χ3n) is 2.07. The second-order valence-corrected chi connectivity index (χ2v) is 3.54. The van der Waals surface area contributed by atoms with Crippen LogP contribution in [-0.4, -0.2) is 11.9 Å². The number of anilines is 1. The predicted octanol–water partition coefficient (Wildman–Crippen LogP) is 2.03. The molecule has 1 atom stereocenters. The minimum absolute atomic E-state index is 0.0778. The number of carbonyl (C=O) groups is 1. The zero-order valence-corrected chi connectivity index (χ0v) is 8.97.